The van der Waals surface area contributed by atoms with Gasteiger partial charge in [-0.2, -0.15) is 0 Å². The molecular formula is C14H13Cl2NO3. The van der Waals surface area contributed by atoms with Gasteiger partial charge in [0.15, 0.2) is 0 Å². The van der Waals surface area contributed by atoms with Crippen LogP contribution in [0.5, 0.6) is 0 Å². The number of aliphatic hydroxyl groups is 1. The van der Waals surface area contributed by atoms with Crippen LogP contribution < -0.4 is 5.32 Å². The molecule has 0 aliphatic heterocycles. The first-order valence-corrected chi connectivity index (χ1v) is 6.77. The van der Waals surface area contributed by atoms with Gasteiger partial charge in [0.05, 0.1) is 29.2 Å². The number of halogens is 2. The predicted octanol–water partition coefficient (Wildman–Crippen LogP) is 3.44. The highest BCUT2D eigenvalue weighted by molar-refractivity contribution is 6.36. The van der Waals surface area contributed by atoms with Crippen molar-refractivity contribution in [3.8, 4) is 0 Å². The van der Waals surface area contributed by atoms with E-state index in [2.05, 4.69) is 5.32 Å². The molecule has 106 valence electrons. The third-order valence-corrected chi connectivity index (χ3v) is 3.35. The summed E-state index contributed by atoms with van der Waals surface area (Å²) in [5.41, 5.74) is 1.04. The minimum absolute atomic E-state index is 0.297. The first kappa shape index (κ1) is 14.9. The van der Waals surface area contributed by atoms with Gasteiger partial charge in [-0.15, -0.1) is 0 Å². The molecule has 1 unspecified atom stereocenters. The molecule has 0 radical (unpaired) electrons. The first-order chi connectivity index (χ1) is 9.58. The molecule has 0 aliphatic rings. The summed E-state index contributed by atoms with van der Waals surface area (Å²) in [6, 6.07) is 6.36. The summed E-state index contributed by atoms with van der Waals surface area (Å²) in [4.78, 5) is 11.9. The van der Waals surface area contributed by atoms with E-state index in [9.17, 15) is 9.90 Å². The number of furan rings is 1. The van der Waals surface area contributed by atoms with Crippen molar-refractivity contribution in [3.05, 3.63) is 58.0 Å². The summed E-state index contributed by atoms with van der Waals surface area (Å²) in [5, 5.41) is 13.3. The van der Waals surface area contributed by atoms with Crippen LogP contribution in [-0.4, -0.2) is 17.6 Å². The number of rotatable bonds is 5. The summed E-state index contributed by atoms with van der Waals surface area (Å²) in [5.74, 6) is -0.300. The number of carbonyl (C=O) groups is 1. The zero-order valence-electron chi connectivity index (χ0n) is 10.5. The van der Waals surface area contributed by atoms with E-state index in [0.717, 1.165) is 0 Å². The van der Waals surface area contributed by atoms with Crippen molar-refractivity contribution in [1.82, 2.24) is 5.32 Å². The Morgan fingerprint density at radius 3 is 2.80 bits per heavy atom. The summed E-state index contributed by atoms with van der Waals surface area (Å²) in [7, 11) is 0. The maximum absolute atomic E-state index is 11.9. The van der Waals surface area contributed by atoms with E-state index in [1.165, 1.54) is 18.6 Å². The second-order valence-electron chi connectivity index (χ2n) is 4.24. The number of hydrogen-bond acceptors (Lipinski definition) is 3. The van der Waals surface area contributed by atoms with E-state index < -0.39 is 6.10 Å². The minimum atomic E-state index is -0.672. The van der Waals surface area contributed by atoms with Crippen LogP contribution in [-0.2, 0) is 0 Å². The lowest BCUT2D eigenvalue weighted by atomic mass is 10.1. The number of benzene rings is 1. The van der Waals surface area contributed by atoms with Crippen LogP contribution >= 0.6 is 23.2 Å². The Morgan fingerprint density at radius 2 is 2.15 bits per heavy atom. The molecule has 0 spiro atoms. The molecule has 0 saturated carbocycles. The van der Waals surface area contributed by atoms with E-state index in [-0.39, 0.29) is 5.91 Å². The summed E-state index contributed by atoms with van der Waals surface area (Å²) < 4.78 is 4.88. The lowest BCUT2D eigenvalue weighted by molar-refractivity contribution is 0.0942. The van der Waals surface area contributed by atoms with Gasteiger partial charge in [-0.25, -0.2) is 0 Å². The third-order valence-electron chi connectivity index (χ3n) is 2.81. The molecule has 1 heterocycles. The maximum Gasteiger partial charge on any atom is 0.252 e. The first-order valence-electron chi connectivity index (χ1n) is 6.01. The van der Waals surface area contributed by atoms with Gasteiger partial charge in [0.1, 0.15) is 0 Å². The zero-order valence-corrected chi connectivity index (χ0v) is 12.0. The second-order valence-corrected chi connectivity index (χ2v) is 5.08. The lowest BCUT2D eigenvalue weighted by Crippen LogP contribution is -2.25. The van der Waals surface area contributed by atoms with Crippen molar-refractivity contribution < 1.29 is 14.3 Å². The summed E-state index contributed by atoms with van der Waals surface area (Å²) >= 11 is 11.7. The van der Waals surface area contributed by atoms with Crippen LogP contribution in [0, 0.1) is 0 Å². The highest BCUT2D eigenvalue weighted by atomic mass is 35.5. The van der Waals surface area contributed by atoms with Gasteiger partial charge in [0, 0.05) is 17.1 Å². The fourth-order valence-corrected chi connectivity index (χ4v) is 2.22. The Bertz CT molecular complexity index is 584. The largest absolute Gasteiger partial charge is 0.472 e. The van der Waals surface area contributed by atoms with Gasteiger partial charge in [-0.05, 0) is 30.7 Å². The van der Waals surface area contributed by atoms with Crippen LogP contribution in [0.15, 0.2) is 41.2 Å². The second kappa shape index (κ2) is 6.79. The van der Waals surface area contributed by atoms with E-state index in [1.54, 1.807) is 18.2 Å². The Morgan fingerprint density at radius 1 is 1.35 bits per heavy atom. The van der Waals surface area contributed by atoms with Crippen molar-refractivity contribution in [2.45, 2.75) is 12.5 Å². The number of amides is 1. The van der Waals surface area contributed by atoms with Gasteiger partial charge in [0.25, 0.3) is 5.91 Å². The molecule has 0 saturated heterocycles. The van der Waals surface area contributed by atoms with Crippen LogP contribution in [0.3, 0.4) is 0 Å². The van der Waals surface area contributed by atoms with E-state index in [1.807, 2.05) is 0 Å². The number of hydrogen-bond donors (Lipinski definition) is 2. The zero-order chi connectivity index (χ0) is 14.5. The van der Waals surface area contributed by atoms with Crippen molar-refractivity contribution >= 4 is 29.1 Å². The minimum Gasteiger partial charge on any atom is -0.472 e. The maximum atomic E-state index is 11.9. The van der Waals surface area contributed by atoms with Gasteiger partial charge >= 0.3 is 0 Å². The fraction of sp³-hybridized carbons (Fsp3) is 0.214. The van der Waals surface area contributed by atoms with Crippen LogP contribution in [0.1, 0.15) is 28.4 Å². The molecule has 2 N–H and O–H groups in total. The molecule has 20 heavy (non-hydrogen) atoms. The van der Waals surface area contributed by atoms with Crippen LogP contribution in [0.25, 0.3) is 0 Å². The Kier molecular flexibility index (Phi) is 5.06. The van der Waals surface area contributed by atoms with Gasteiger partial charge < -0.3 is 14.8 Å². The van der Waals surface area contributed by atoms with Crippen molar-refractivity contribution in [2.75, 3.05) is 6.54 Å². The SMILES string of the molecule is O=C(NCCC(O)c1ccoc1)c1ccc(Cl)cc1Cl. The van der Waals surface area contributed by atoms with Crippen molar-refractivity contribution in [2.24, 2.45) is 0 Å². The summed E-state index contributed by atoms with van der Waals surface area (Å²) in [6.07, 6.45) is 2.68. The lowest BCUT2D eigenvalue weighted by Gasteiger charge is -2.10. The molecule has 0 fully saturated rings. The van der Waals surface area contributed by atoms with Crippen molar-refractivity contribution in [1.29, 1.82) is 0 Å². The van der Waals surface area contributed by atoms with Crippen molar-refractivity contribution in [3.63, 3.8) is 0 Å². The highest BCUT2D eigenvalue weighted by Crippen LogP contribution is 2.21. The predicted molar refractivity (Wildman–Crippen MR) is 77.1 cm³/mol. The quantitative estimate of drug-likeness (QED) is 0.888. The monoisotopic (exact) mass is 313 g/mol. The third kappa shape index (κ3) is 3.76. The number of nitrogens with one attached hydrogen (secondary N) is 1. The molecule has 0 aliphatic carbocycles. The van der Waals surface area contributed by atoms with Gasteiger partial charge in [0.2, 0.25) is 0 Å². The smallest absolute Gasteiger partial charge is 0.252 e. The van der Waals surface area contributed by atoms with Crippen LogP contribution in [0.2, 0.25) is 10.0 Å². The highest BCUT2D eigenvalue weighted by Gasteiger charge is 2.12. The summed E-state index contributed by atoms with van der Waals surface area (Å²) in [6.45, 7) is 0.324. The van der Waals surface area contributed by atoms with Gasteiger partial charge in [-0.3, -0.25) is 4.79 Å². The molecular weight excluding hydrogens is 301 g/mol. The average Bonchev–Trinajstić information content (AvgIpc) is 2.92. The molecule has 1 amide bonds. The number of carbonyl (C=O) groups excluding carboxylic acids is 1. The Labute approximate surface area is 126 Å². The normalized spacial score (nSPS) is 12.2. The fourth-order valence-electron chi connectivity index (χ4n) is 1.72. The Hall–Kier alpha value is -1.49. The molecule has 2 aromatic rings. The molecule has 1 atom stereocenters. The Balaban J connectivity index is 1.86. The molecule has 2 rings (SSSR count). The topological polar surface area (TPSA) is 62.5 Å². The van der Waals surface area contributed by atoms with E-state index >= 15 is 0 Å². The van der Waals surface area contributed by atoms with Crippen LogP contribution in [0.4, 0.5) is 0 Å². The molecule has 1 aromatic heterocycles. The molecule has 6 heteroatoms. The molecule has 1 aromatic carbocycles. The van der Waals surface area contributed by atoms with Gasteiger partial charge in [-0.1, -0.05) is 23.2 Å². The molecule has 4 nitrogen and oxygen atoms in total. The standard InChI is InChI=1S/C14H13Cl2NO3/c15-10-1-2-11(12(16)7-10)14(19)17-5-3-13(18)9-4-6-20-8-9/h1-2,4,6-8,13,18H,3,5H2,(H,17,19). The van der Waals surface area contributed by atoms with E-state index in [4.69, 9.17) is 27.6 Å². The molecule has 0 bridgehead atoms. The van der Waals surface area contributed by atoms with E-state index in [0.29, 0.717) is 34.1 Å². The average molecular weight is 314 g/mol. The number of aliphatic hydroxyl groups excluding tert-OH is 1.